The summed E-state index contributed by atoms with van der Waals surface area (Å²) >= 11 is 0. The van der Waals surface area contributed by atoms with Crippen molar-refractivity contribution < 1.29 is 4.79 Å². The molecule has 0 radical (unpaired) electrons. The van der Waals surface area contributed by atoms with E-state index in [2.05, 4.69) is 28.3 Å². The van der Waals surface area contributed by atoms with Gasteiger partial charge >= 0.3 is 0 Å². The second-order valence-corrected chi connectivity index (χ2v) is 5.17. The van der Waals surface area contributed by atoms with Gasteiger partial charge in [-0.1, -0.05) is 13.8 Å². The largest absolute Gasteiger partial charge is 0.364 e. The van der Waals surface area contributed by atoms with Gasteiger partial charge in [0.15, 0.2) is 5.69 Å². The van der Waals surface area contributed by atoms with Crippen LogP contribution in [0.5, 0.6) is 0 Å². The van der Waals surface area contributed by atoms with Gasteiger partial charge in [-0.2, -0.15) is 0 Å². The number of rotatable bonds is 3. The van der Waals surface area contributed by atoms with Gasteiger partial charge < -0.3 is 10.3 Å². The van der Waals surface area contributed by atoms with Crippen LogP contribution >= 0.6 is 0 Å². The van der Waals surface area contributed by atoms with E-state index in [0.29, 0.717) is 11.6 Å². The van der Waals surface area contributed by atoms with Crippen LogP contribution in [-0.4, -0.2) is 34.0 Å². The molecule has 0 bridgehead atoms. The van der Waals surface area contributed by atoms with Crippen LogP contribution in [0, 0.1) is 5.92 Å². The lowest BCUT2D eigenvalue weighted by atomic mass is 10.1. The number of primary amides is 1. The fourth-order valence-electron chi connectivity index (χ4n) is 2.29. The maximum atomic E-state index is 11.4. The zero-order chi connectivity index (χ0) is 12.6. The fraction of sp³-hybridized carbons (Fsp3) is 0.667. The minimum atomic E-state index is -0.418. The molecule has 94 valence electrons. The number of imidazole rings is 1. The number of hydrogen-bond acceptors (Lipinski definition) is 3. The van der Waals surface area contributed by atoms with Crippen molar-refractivity contribution in [1.29, 1.82) is 0 Å². The van der Waals surface area contributed by atoms with Crippen LogP contribution in [0.15, 0.2) is 0 Å². The summed E-state index contributed by atoms with van der Waals surface area (Å²) in [5.41, 5.74) is 6.82. The van der Waals surface area contributed by atoms with E-state index >= 15 is 0 Å². The quantitative estimate of drug-likeness (QED) is 0.837. The van der Waals surface area contributed by atoms with E-state index in [-0.39, 0.29) is 0 Å². The summed E-state index contributed by atoms with van der Waals surface area (Å²) in [7, 11) is 2.05. The summed E-state index contributed by atoms with van der Waals surface area (Å²) in [5.74, 6) is 1.11. The minimum Gasteiger partial charge on any atom is -0.364 e. The Balaban J connectivity index is 2.42. The Morgan fingerprint density at radius 2 is 2.18 bits per heavy atom. The molecule has 0 aromatic carbocycles. The van der Waals surface area contributed by atoms with E-state index < -0.39 is 5.91 Å². The molecule has 0 fully saturated rings. The predicted octanol–water partition coefficient (Wildman–Crippen LogP) is 0.626. The first-order chi connectivity index (χ1) is 7.99. The molecule has 1 aliphatic rings. The molecule has 1 aromatic rings. The molecule has 5 nitrogen and oxygen atoms in total. The van der Waals surface area contributed by atoms with Crippen LogP contribution in [0.25, 0.3) is 0 Å². The van der Waals surface area contributed by atoms with E-state index in [0.717, 1.165) is 37.6 Å². The topological polar surface area (TPSA) is 64.1 Å². The monoisotopic (exact) mass is 236 g/mol. The Morgan fingerprint density at radius 1 is 1.47 bits per heavy atom. The summed E-state index contributed by atoms with van der Waals surface area (Å²) in [6.07, 6.45) is 0.893. The average Bonchev–Trinajstić information content (AvgIpc) is 2.55. The smallest absolute Gasteiger partial charge is 0.269 e. The van der Waals surface area contributed by atoms with Gasteiger partial charge in [-0.3, -0.25) is 9.69 Å². The number of likely N-dealkylation sites (N-methyl/N-ethyl adjacent to an activating group) is 1. The van der Waals surface area contributed by atoms with Crippen LogP contribution < -0.4 is 5.73 Å². The van der Waals surface area contributed by atoms with Crippen molar-refractivity contribution in [3.05, 3.63) is 17.2 Å². The Bertz CT molecular complexity index is 436. The first-order valence-electron chi connectivity index (χ1n) is 6.05. The summed E-state index contributed by atoms with van der Waals surface area (Å²) in [5, 5.41) is 0. The fourth-order valence-corrected chi connectivity index (χ4v) is 2.29. The van der Waals surface area contributed by atoms with Crippen molar-refractivity contribution in [3.63, 3.8) is 0 Å². The van der Waals surface area contributed by atoms with E-state index in [1.807, 2.05) is 7.05 Å². The number of amides is 1. The number of nitrogens with two attached hydrogens (primary N) is 1. The normalized spacial score (nSPS) is 16.2. The van der Waals surface area contributed by atoms with E-state index in [1.165, 1.54) is 0 Å². The van der Waals surface area contributed by atoms with Crippen molar-refractivity contribution in [2.24, 2.45) is 11.7 Å². The second kappa shape index (κ2) is 4.49. The van der Waals surface area contributed by atoms with Crippen LogP contribution in [0.1, 0.15) is 35.9 Å². The van der Waals surface area contributed by atoms with Gasteiger partial charge in [0, 0.05) is 26.1 Å². The van der Waals surface area contributed by atoms with Crippen molar-refractivity contribution in [1.82, 2.24) is 14.5 Å². The highest BCUT2D eigenvalue weighted by Crippen LogP contribution is 2.20. The third-order valence-corrected chi connectivity index (χ3v) is 3.10. The van der Waals surface area contributed by atoms with E-state index in [1.54, 1.807) is 0 Å². The van der Waals surface area contributed by atoms with Gasteiger partial charge in [0.05, 0.1) is 5.69 Å². The summed E-state index contributed by atoms with van der Waals surface area (Å²) in [4.78, 5) is 18.0. The van der Waals surface area contributed by atoms with Gasteiger partial charge in [0.1, 0.15) is 5.82 Å². The Labute approximate surface area is 102 Å². The summed E-state index contributed by atoms with van der Waals surface area (Å²) < 4.78 is 2.17. The molecule has 0 saturated heterocycles. The summed E-state index contributed by atoms with van der Waals surface area (Å²) in [6, 6.07) is 0. The predicted molar refractivity (Wildman–Crippen MR) is 65.6 cm³/mol. The molecule has 0 atom stereocenters. The maximum absolute atomic E-state index is 11.4. The molecule has 1 aromatic heterocycles. The molecule has 0 saturated carbocycles. The maximum Gasteiger partial charge on any atom is 0.269 e. The minimum absolute atomic E-state index is 0.418. The van der Waals surface area contributed by atoms with Gasteiger partial charge in [-0.25, -0.2) is 4.98 Å². The van der Waals surface area contributed by atoms with E-state index in [4.69, 9.17) is 5.73 Å². The molecule has 0 aliphatic carbocycles. The Morgan fingerprint density at radius 3 is 2.76 bits per heavy atom. The van der Waals surface area contributed by atoms with E-state index in [9.17, 15) is 4.79 Å². The molecule has 2 heterocycles. The standard InChI is InChI=1S/C12H20N4O/c1-8(2)6-10-14-11(12(13)17)9-7-15(3)4-5-16(9)10/h8H,4-7H2,1-3H3,(H2,13,17). The second-order valence-electron chi connectivity index (χ2n) is 5.17. The zero-order valence-electron chi connectivity index (χ0n) is 10.7. The number of fused-ring (bicyclic) bond motifs is 1. The lowest BCUT2D eigenvalue weighted by Crippen LogP contribution is -2.32. The van der Waals surface area contributed by atoms with Gasteiger partial charge in [-0.05, 0) is 13.0 Å². The van der Waals surface area contributed by atoms with Crippen molar-refractivity contribution in [2.45, 2.75) is 33.4 Å². The molecule has 0 spiro atoms. The highest BCUT2D eigenvalue weighted by Gasteiger charge is 2.24. The molecule has 1 aliphatic heterocycles. The van der Waals surface area contributed by atoms with Crippen LogP contribution in [0.2, 0.25) is 0 Å². The molecule has 1 amide bonds. The van der Waals surface area contributed by atoms with Crippen LogP contribution in [0.4, 0.5) is 0 Å². The van der Waals surface area contributed by atoms with Gasteiger partial charge in [0.25, 0.3) is 5.91 Å². The zero-order valence-corrected chi connectivity index (χ0v) is 10.7. The molecule has 2 rings (SSSR count). The SMILES string of the molecule is CC(C)Cc1nc(C(N)=O)c2n1CCN(C)C2. The summed E-state index contributed by atoms with van der Waals surface area (Å²) in [6.45, 7) is 6.95. The number of carbonyl (C=O) groups excluding carboxylic acids is 1. The van der Waals surface area contributed by atoms with Crippen molar-refractivity contribution >= 4 is 5.91 Å². The van der Waals surface area contributed by atoms with Crippen molar-refractivity contribution in [3.8, 4) is 0 Å². The van der Waals surface area contributed by atoms with Crippen LogP contribution in [0.3, 0.4) is 0 Å². The molecule has 5 heteroatoms. The lowest BCUT2D eigenvalue weighted by Gasteiger charge is -2.25. The first-order valence-corrected chi connectivity index (χ1v) is 6.05. The highest BCUT2D eigenvalue weighted by atomic mass is 16.1. The number of nitrogens with zero attached hydrogens (tertiary/aromatic N) is 3. The van der Waals surface area contributed by atoms with Gasteiger partial charge in [-0.15, -0.1) is 0 Å². The van der Waals surface area contributed by atoms with Crippen LogP contribution in [-0.2, 0) is 19.5 Å². The number of carbonyl (C=O) groups is 1. The Hall–Kier alpha value is -1.36. The third kappa shape index (κ3) is 2.34. The molecular formula is C12H20N4O. The van der Waals surface area contributed by atoms with Crippen molar-refractivity contribution in [2.75, 3.05) is 13.6 Å². The molecule has 2 N–H and O–H groups in total. The highest BCUT2D eigenvalue weighted by molar-refractivity contribution is 5.92. The molecular weight excluding hydrogens is 216 g/mol. The number of hydrogen-bond donors (Lipinski definition) is 1. The number of aromatic nitrogens is 2. The Kier molecular flexibility index (Phi) is 3.19. The molecule has 17 heavy (non-hydrogen) atoms. The lowest BCUT2D eigenvalue weighted by molar-refractivity contribution is 0.0993. The van der Waals surface area contributed by atoms with Gasteiger partial charge in [0.2, 0.25) is 0 Å². The third-order valence-electron chi connectivity index (χ3n) is 3.10. The average molecular weight is 236 g/mol. The molecule has 0 unspecified atom stereocenters. The first kappa shape index (κ1) is 12.1.